The summed E-state index contributed by atoms with van der Waals surface area (Å²) in [6.07, 6.45) is 3.89. The molecule has 0 atom stereocenters. The molecule has 2 heterocycles. The van der Waals surface area contributed by atoms with Crippen LogP contribution >= 0.6 is 24.0 Å². The molecule has 0 radical (unpaired) electrons. The number of rotatable bonds is 5. The Morgan fingerprint density at radius 2 is 2.07 bits per heavy atom. The molecule has 3 rings (SSSR count). The van der Waals surface area contributed by atoms with E-state index in [0.29, 0.717) is 18.5 Å². The van der Waals surface area contributed by atoms with Crippen LogP contribution in [0.25, 0.3) is 0 Å². The lowest BCUT2D eigenvalue weighted by Gasteiger charge is -2.33. The molecule has 0 saturated carbocycles. The second-order valence-electron chi connectivity index (χ2n) is 6.95. The van der Waals surface area contributed by atoms with Gasteiger partial charge in [0.1, 0.15) is 5.82 Å². The van der Waals surface area contributed by atoms with Crippen molar-refractivity contribution in [2.45, 2.75) is 32.4 Å². The number of benzene rings is 1. The molecule has 0 amide bonds. The largest absolute Gasteiger partial charge is 0.356 e. The summed E-state index contributed by atoms with van der Waals surface area (Å²) in [7, 11) is 1.73. The van der Waals surface area contributed by atoms with Crippen LogP contribution in [-0.4, -0.2) is 42.0 Å². The standard InChI is InChI=1S/C20H26N6O2.HI/c1-15-6-7-19(22-13-15)25-10-8-17(9-11-25)24-20(21-2)23-14-16-4-3-5-18(12-16)26(27)28;/h3-7,12-13,17H,8-11,14H2,1-2H3,(H2,21,23,24);1H. The lowest BCUT2D eigenvalue weighted by Crippen LogP contribution is -2.48. The van der Waals surface area contributed by atoms with Crippen molar-refractivity contribution in [1.82, 2.24) is 15.6 Å². The van der Waals surface area contributed by atoms with E-state index in [1.165, 1.54) is 11.6 Å². The number of nitrogens with one attached hydrogen (secondary N) is 2. The van der Waals surface area contributed by atoms with Crippen LogP contribution in [0.15, 0.2) is 47.6 Å². The molecule has 1 aliphatic rings. The van der Waals surface area contributed by atoms with Crippen molar-refractivity contribution in [3.8, 4) is 0 Å². The van der Waals surface area contributed by atoms with Crippen LogP contribution in [0, 0.1) is 17.0 Å². The normalized spacial score (nSPS) is 14.8. The summed E-state index contributed by atoms with van der Waals surface area (Å²) >= 11 is 0. The van der Waals surface area contributed by atoms with E-state index in [1.54, 1.807) is 19.2 Å². The average molecular weight is 510 g/mol. The van der Waals surface area contributed by atoms with E-state index >= 15 is 0 Å². The molecule has 2 N–H and O–H groups in total. The molecule has 1 aliphatic heterocycles. The Kier molecular flexibility index (Phi) is 8.62. The predicted octanol–water partition coefficient (Wildman–Crippen LogP) is 3.25. The highest BCUT2D eigenvalue weighted by Crippen LogP contribution is 2.18. The van der Waals surface area contributed by atoms with Gasteiger partial charge in [-0.25, -0.2) is 4.98 Å². The summed E-state index contributed by atoms with van der Waals surface area (Å²) in [6, 6.07) is 11.1. The molecule has 0 spiro atoms. The lowest BCUT2D eigenvalue weighted by atomic mass is 10.1. The zero-order valence-electron chi connectivity index (χ0n) is 16.7. The van der Waals surface area contributed by atoms with Crippen LogP contribution in [0.1, 0.15) is 24.0 Å². The van der Waals surface area contributed by atoms with Gasteiger partial charge < -0.3 is 15.5 Å². The number of aromatic nitrogens is 1. The maximum Gasteiger partial charge on any atom is 0.269 e. The van der Waals surface area contributed by atoms with E-state index < -0.39 is 0 Å². The first kappa shape index (κ1) is 22.9. The van der Waals surface area contributed by atoms with Gasteiger partial charge >= 0.3 is 0 Å². The zero-order valence-corrected chi connectivity index (χ0v) is 19.0. The van der Waals surface area contributed by atoms with E-state index in [1.807, 2.05) is 19.2 Å². The third-order valence-corrected chi connectivity index (χ3v) is 4.86. The van der Waals surface area contributed by atoms with Crippen molar-refractivity contribution in [2.75, 3.05) is 25.0 Å². The van der Waals surface area contributed by atoms with Crippen molar-refractivity contribution in [1.29, 1.82) is 0 Å². The first-order valence-electron chi connectivity index (χ1n) is 9.43. The second kappa shape index (κ2) is 10.9. The number of nitro groups is 1. The number of halogens is 1. The van der Waals surface area contributed by atoms with Gasteiger partial charge in [0, 0.05) is 51.1 Å². The monoisotopic (exact) mass is 510 g/mol. The third-order valence-electron chi connectivity index (χ3n) is 4.86. The first-order chi connectivity index (χ1) is 13.5. The van der Waals surface area contributed by atoms with Crippen LogP contribution < -0.4 is 15.5 Å². The van der Waals surface area contributed by atoms with Crippen molar-refractivity contribution < 1.29 is 4.92 Å². The number of nitro benzene ring substituents is 1. The van der Waals surface area contributed by atoms with Gasteiger partial charge in [-0.05, 0) is 37.0 Å². The summed E-state index contributed by atoms with van der Waals surface area (Å²) in [4.78, 5) is 21.6. The van der Waals surface area contributed by atoms with E-state index in [0.717, 1.165) is 37.3 Å². The summed E-state index contributed by atoms with van der Waals surface area (Å²) in [5.41, 5.74) is 2.11. The molecular formula is C20H27IN6O2. The number of hydrogen-bond acceptors (Lipinski definition) is 5. The van der Waals surface area contributed by atoms with Crippen LogP contribution in [0.4, 0.5) is 11.5 Å². The van der Waals surface area contributed by atoms with E-state index in [4.69, 9.17) is 0 Å². The Labute approximate surface area is 188 Å². The maximum atomic E-state index is 10.9. The van der Waals surface area contributed by atoms with Gasteiger partial charge in [0.15, 0.2) is 5.96 Å². The van der Waals surface area contributed by atoms with Crippen molar-refractivity contribution in [3.05, 3.63) is 63.8 Å². The molecule has 0 aliphatic carbocycles. The third kappa shape index (κ3) is 6.55. The van der Waals surface area contributed by atoms with E-state index in [-0.39, 0.29) is 34.6 Å². The van der Waals surface area contributed by atoms with Crippen LogP contribution in [0.2, 0.25) is 0 Å². The fraction of sp³-hybridized carbons (Fsp3) is 0.400. The minimum absolute atomic E-state index is 0. The molecule has 9 heteroatoms. The Balaban J connectivity index is 0.00000300. The van der Waals surface area contributed by atoms with Gasteiger partial charge in [0.25, 0.3) is 5.69 Å². The molecule has 8 nitrogen and oxygen atoms in total. The Bertz CT molecular complexity index is 835. The highest BCUT2D eigenvalue weighted by molar-refractivity contribution is 14.0. The molecule has 1 saturated heterocycles. The van der Waals surface area contributed by atoms with Gasteiger partial charge in [-0.3, -0.25) is 15.1 Å². The quantitative estimate of drug-likeness (QED) is 0.211. The maximum absolute atomic E-state index is 10.9. The molecular weight excluding hydrogens is 483 g/mol. The summed E-state index contributed by atoms with van der Waals surface area (Å²) in [5, 5.41) is 17.6. The number of hydrogen-bond donors (Lipinski definition) is 2. The smallest absolute Gasteiger partial charge is 0.269 e. The number of non-ortho nitro benzene ring substituents is 1. The fourth-order valence-electron chi connectivity index (χ4n) is 3.25. The van der Waals surface area contributed by atoms with Gasteiger partial charge in [0.2, 0.25) is 0 Å². The number of nitrogens with zero attached hydrogens (tertiary/aromatic N) is 4. The SMILES string of the molecule is CN=C(NCc1cccc([N+](=O)[O-])c1)NC1CCN(c2ccc(C)cn2)CC1.I. The Morgan fingerprint density at radius 1 is 1.31 bits per heavy atom. The van der Waals surface area contributed by atoms with Gasteiger partial charge in [-0.15, -0.1) is 24.0 Å². The number of piperidine rings is 1. The zero-order chi connectivity index (χ0) is 19.9. The molecule has 1 aromatic carbocycles. The van der Waals surface area contributed by atoms with E-state index in [9.17, 15) is 10.1 Å². The minimum Gasteiger partial charge on any atom is -0.356 e. The highest BCUT2D eigenvalue weighted by atomic mass is 127. The molecule has 0 unspecified atom stereocenters. The number of aliphatic imine (C=N–C) groups is 1. The Morgan fingerprint density at radius 3 is 2.69 bits per heavy atom. The van der Waals surface area contributed by atoms with Crippen molar-refractivity contribution in [3.63, 3.8) is 0 Å². The molecule has 156 valence electrons. The molecule has 1 fully saturated rings. The van der Waals surface area contributed by atoms with Crippen molar-refractivity contribution in [2.24, 2.45) is 4.99 Å². The van der Waals surface area contributed by atoms with Gasteiger partial charge in [-0.1, -0.05) is 18.2 Å². The molecule has 29 heavy (non-hydrogen) atoms. The fourth-order valence-corrected chi connectivity index (χ4v) is 3.25. The number of guanidine groups is 1. The van der Waals surface area contributed by atoms with Gasteiger partial charge in [0.05, 0.1) is 4.92 Å². The van der Waals surface area contributed by atoms with Crippen LogP contribution in [0.5, 0.6) is 0 Å². The summed E-state index contributed by atoms with van der Waals surface area (Å²) in [5.74, 6) is 1.73. The number of aryl methyl sites for hydroxylation is 1. The number of pyridine rings is 1. The summed E-state index contributed by atoms with van der Waals surface area (Å²) < 4.78 is 0. The molecule has 1 aromatic heterocycles. The summed E-state index contributed by atoms with van der Waals surface area (Å²) in [6.45, 7) is 4.40. The topological polar surface area (TPSA) is 95.7 Å². The van der Waals surface area contributed by atoms with Crippen molar-refractivity contribution >= 4 is 41.4 Å². The minimum atomic E-state index is -0.382. The second-order valence-corrected chi connectivity index (χ2v) is 6.95. The van der Waals surface area contributed by atoms with E-state index in [2.05, 4.69) is 37.6 Å². The first-order valence-corrected chi connectivity index (χ1v) is 9.43. The van der Waals surface area contributed by atoms with Crippen LogP contribution in [-0.2, 0) is 6.54 Å². The van der Waals surface area contributed by atoms with Crippen LogP contribution in [0.3, 0.4) is 0 Å². The molecule has 2 aromatic rings. The molecule has 0 bridgehead atoms. The predicted molar refractivity (Wildman–Crippen MR) is 126 cm³/mol. The number of anilines is 1. The van der Waals surface area contributed by atoms with Gasteiger partial charge in [-0.2, -0.15) is 0 Å². The highest BCUT2D eigenvalue weighted by Gasteiger charge is 2.20. The average Bonchev–Trinajstić information content (AvgIpc) is 2.72. The lowest BCUT2D eigenvalue weighted by molar-refractivity contribution is -0.384. The Hall–Kier alpha value is -2.43.